The number of hydrogen-bond donors (Lipinski definition) is 2. The van der Waals surface area contributed by atoms with Gasteiger partial charge in [-0.25, -0.2) is 0 Å². The summed E-state index contributed by atoms with van der Waals surface area (Å²) in [7, 11) is 1.81. The first-order valence-electron chi connectivity index (χ1n) is 11.7. The maximum absolute atomic E-state index is 11.9. The van der Waals surface area contributed by atoms with E-state index in [9.17, 15) is 4.79 Å². The van der Waals surface area contributed by atoms with Gasteiger partial charge >= 0.3 is 0 Å². The molecule has 7 heteroatoms. The fraction of sp³-hybridized carbons (Fsp3) is 0.333. The van der Waals surface area contributed by atoms with Crippen LogP contribution < -0.4 is 16.2 Å². The molecule has 1 aliphatic heterocycles. The number of nitrogens with one attached hydrogen (secondary N) is 2. The average molecular weight is 572 g/mol. The SMILES string of the molecule is CN=C(NCc1ccc(Cn2ccccc2=O)cc1)NCC1CCCN1Cc1ccccc1.I. The summed E-state index contributed by atoms with van der Waals surface area (Å²) >= 11 is 0. The lowest BCUT2D eigenvalue weighted by molar-refractivity contribution is 0.245. The molecule has 1 unspecified atom stereocenters. The van der Waals surface area contributed by atoms with Gasteiger partial charge < -0.3 is 15.2 Å². The van der Waals surface area contributed by atoms with Gasteiger partial charge in [0.2, 0.25) is 0 Å². The van der Waals surface area contributed by atoms with E-state index in [2.05, 4.69) is 75.1 Å². The fourth-order valence-corrected chi connectivity index (χ4v) is 4.32. The van der Waals surface area contributed by atoms with Crippen molar-refractivity contribution in [1.82, 2.24) is 20.1 Å². The Hall–Kier alpha value is -2.65. The Morgan fingerprint density at radius 3 is 2.35 bits per heavy atom. The van der Waals surface area contributed by atoms with Gasteiger partial charge in [0.05, 0.1) is 6.54 Å². The second-order valence-electron chi connectivity index (χ2n) is 8.54. The van der Waals surface area contributed by atoms with Crippen LogP contribution in [0.25, 0.3) is 0 Å². The highest BCUT2D eigenvalue weighted by molar-refractivity contribution is 14.0. The van der Waals surface area contributed by atoms with Gasteiger partial charge in [0.1, 0.15) is 0 Å². The molecule has 2 heterocycles. The minimum Gasteiger partial charge on any atom is -0.355 e. The molecule has 1 fully saturated rings. The number of halogens is 1. The zero-order valence-corrected chi connectivity index (χ0v) is 22.0. The van der Waals surface area contributed by atoms with Gasteiger partial charge in [0.25, 0.3) is 5.56 Å². The second kappa shape index (κ2) is 13.3. The van der Waals surface area contributed by atoms with Crippen molar-refractivity contribution in [3.05, 3.63) is 106 Å². The van der Waals surface area contributed by atoms with E-state index in [-0.39, 0.29) is 29.5 Å². The summed E-state index contributed by atoms with van der Waals surface area (Å²) in [5, 5.41) is 6.92. The lowest BCUT2D eigenvalue weighted by atomic mass is 10.1. The van der Waals surface area contributed by atoms with Crippen LogP contribution >= 0.6 is 24.0 Å². The second-order valence-corrected chi connectivity index (χ2v) is 8.54. The number of rotatable bonds is 8. The molecular weight excluding hydrogens is 537 g/mol. The number of pyridine rings is 1. The molecule has 0 aliphatic carbocycles. The average Bonchev–Trinajstić information content (AvgIpc) is 3.29. The molecule has 1 saturated heterocycles. The van der Waals surface area contributed by atoms with Crippen LogP contribution in [-0.2, 0) is 19.6 Å². The van der Waals surface area contributed by atoms with Crippen LogP contribution in [-0.4, -0.2) is 41.6 Å². The summed E-state index contributed by atoms with van der Waals surface area (Å²) < 4.78 is 1.71. The zero-order valence-electron chi connectivity index (χ0n) is 19.7. The first-order chi connectivity index (χ1) is 16.2. The van der Waals surface area contributed by atoms with Crippen LogP contribution in [0, 0.1) is 0 Å². The summed E-state index contributed by atoms with van der Waals surface area (Å²) in [5.41, 5.74) is 3.66. The summed E-state index contributed by atoms with van der Waals surface area (Å²) in [6.07, 6.45) is 4.27. The molecule has 34 heavy (non-hydrogen) atoms. The van der Waals surface area contributed by atoms with Crippen LogP contribution in [0.1, 0.15) is 29.5 Å². The van der Waals surface area contributed by atoms with Gasteiger partial charge in [-0.1, -0.05) is 60.7 Å². The normalized spacial score (nSPS) is 16.1. The van der Waals surface area contributed by atoms with Gasteiger partial charge in [-0.15, -0.1) is 24.0 Å². The molecule has 0 bridgehead atoms. The van der Waals surface area contributed by atoms with Gasteiger partial charge in [-0.3, -0.25) is 14.7 Å². The lowest BCUT2D eigenvalue weighted by Gasteiger charge is -2.25. The Balaban J connectivity index is 0.00000324. The van der Waals surface area contributed by atoms with Crippen molar-refractivity contribution in [3.8, 4) is 0 Å². The van der Waals surface area contributed by atoms with E-state index in [1.807, 2.05) is 19.3 Å². The van der Waals surface area contributed by atoms with Gasteiger partial charge in [0.15, 0.2) is 5.96 Å². The standard InChI is InChI=1S/C27H33N5O.HI/c1-28-27(30-19-25-10-7-17-31(25)20-23-8-3-2-4-9-23)29-18-22-12-14-24(15-13-22)21-32-16-6-5-11-26(32)33;/h2-6,8-9,11-16,25H,7,10,17-21H2,1H3,(H2,28,29,30);1H. The molecule has 180 valence electrons. The molecule has 0 radical (unpaired) electrons. The summed E-state index contributed by atoms with van der Waals surface area (Å²) in [6, 6.07) is 24.8. The minimum absolute atomic E-state index is 0. The fourth-order valence-electron chi connectivity index (χ4n) is 4.32. The van der Waals surface area contributed by atoms with Crippen molar-refractivity contribution >= 4 is 29.9 Å². The number of guanidine groups is 1. The van der Waals surface area contributed by atoms with Gasteiger partial charge in [0, 0.05) is 45.0 Å². The highest BCUT2D eigenvalue weighted by Gasteiger charge is 2.24. The van der Waals surface area contributed by atoms with Crippen molar-refractivity contribution in [2.24, 2.45) is 4.99 Å². The molecule has 2 aromatic carbocycles. The van der Waals surface area contributed by atoms with E-state index in [4.69, 9.17) is 0 Å². The van der Waals surface area contributed by atoms with Crippen LogP contribution in [0.5, 0.6) is 0 Å². The molecule has 1 aliphatic rings. The Labute approximate surface area is 219 Å². The van der Waals surface area contributed by atoms with Crippen LogP contribution in [0.2, 0.25) is 0 Å². The van der Waals surface area contributed by atoms with E-state index < -0.39 is 0 Å². The lowest BCUT2D eigenvalue weighted by Crippen LogP contribution is -2.44. The van der Waals surface area contributed by atoms with Crippen molar-refractivity contribution in [3.63, 3.8) is 0 Å². The molecule has 1 aromatic heterocycles. The largest absolute Gasteiger partial charge is 0.355 e. The third-order valence-corrected chi connectivity index (χ3v) is 6.19. The predicted molar refractivity (Wildman–Crippen MR) is 150 cm³/mol. The molecule has 0 spiro atoms. The van der Waals surface area contributed by atoms with Crippen LogP contribution in [0.15, 0.2) is 88.8 Å². The summed E-state index contributed by atoms with van der Waals surface area (Å²) in [6.45, 7) is 4.31. The van der Waals surface area contributed by atoms with E-state index in [1.165, 1.54) is 24.0 Å². The molecule has 6 nitrogen and oxygen atoms in total. The number of hydrogen-bond acceptors (Lipinski definition) is 3. The third-order valence-electron chi connectivity index (χ3n) is 6.19. The van der Waals surface area contributed by atoms with Crippen molar-refractivity contribution in [2.75, 3.05) is 20.1 Å². The zero-order chi connectivity index (χ0) is 22.9. The number of aliphatic imine (C=N–C) groups is 1. The Morgan fingerprint density at radius 1 is 0.912 bits per heavy atom. The number of benzene rings is 2. The summed E-state index contributed by atoms with van der Waals surface area (Å²) in [4.78, 5) is 18.9. The van der Waals surface area contributed by atoms with Crippen molar-refractivity contribution in [1.29, 1.82) is 0 Å². The van der Waals surface area contributed by atoms with E-state index in [0.717, 1.165) is 31.2 Å². The molecule has 4 rings (SSSR count). The van der Waals surface area contributed by atoms with E-state index in [1.54, 1.807) is 16.7 Å². The highest BCUT2D eigenvalue weighted by atomic mass is 127. The van der Waals surface area contributed by atoms with E-state index in [0.29, 0.717) is 19.1 Å². The Kier molecular flexibility index (Phi) is 10.2. The molecular formula is C27H34IN5O. The van der Waals surface area contributed by atoms with Gasteiger partial charge in [-0.2, -0.15) is 0 Å². The smallest absolute Gasteiger partial charge is 0.250 e. The van der Waals surface area contributed by atoms with Crippen LogP contribution in [0.4, 0.5) is 0 Å². The molecule has 1 atom stereocenters. The van der Waals surface area contributed by atoms with Crippen molar-refractivity contribution < 1.29 is 0 Å². The minimum atomic E-state index is 0. The molecule has 3 aromatic rings. The van der Waals surface area contributed by atoms with Crippen LogP contribution in [0.3, 0.4) is 0 Å². The monoisotopic (exact) mass is 571 g/mol. The molecule has 0 amide bonds. The molecule has 0 saturated carbocycles. The maximum Gasteiger partial charge on any atom is 0.250 e. The van der Waals surface area contributed by atoms with Gasteiger partial charge in [-0.05, 0) is 42.1 Å². The first kappa shape index (κ1) is 26.0. The maximum atomic E-state index is 11.9. The summed E-state index contributed by atoms with van der Waals surface area (Å²) in [5.74, 6) is 0.821. The Bertz CT molecular complexity index is 1100. The molecule has 2 N–H and O–H groups in total. The van der Waals surface area contributed by atoms with Crippen molar-refractivity contribution in [2.45, 2.75) is 38.5 Å². The highest BCUT2D eigenvalue weighted by Crippen LogP contribution is 2.19. The number of aromatic nitrogens is 1. The first-order valence-corrected chi connectivity index (χ1v) is 11.7. The number of likely N-dealkylation sites (tertiary alicyclic amines) is 1. The van der Waals surface area contributed by atoms with E-state index >= 15 is 0 Å². The number of nitrogens with zero attached hydrogens (tertiary/aromatic N) is 3. The Morgan fingerprint density at radius 2 is 1.62 bits per heavy atom. The predicted octanol–water partition coefficient (Wildman–Crippen LogP) is 3.84. The topological polar surface area (TPSA) is 61.7 Å². The third kappa shape index (κ3) is 7.43. The quantitative estimate of drug-likeness (QED) is 0.245.